The third kappa shape index (κ3) is 13.4. The van der Waals surface area contributed by atoms with E-state index in [-0.39, 0.29) is 0 Å². The number of ether oxygens (including phenoxy) is 3. The van der Waals surface area contributed by atoms with Gasteiger partial charge in [-0.15, -0.1) is 0 Å². The van der Waals surface area contributed by atoms with Gasteiger partial charge in [-0.3, -0.25) is 0 Å². The second kappa shape index (κ2) is 21.4. The van der Waals surface area contributed by atoms with Gasteiger partial charge in [-0.25, -0.2) is 0 Å². The highest BCUT2D eigenvalue weighted by atomic mass is 32.1. The van der Waals surface area contributed by atoms with Crippen LogP contribution in [0.3, 0.4) is 0 Å². The minimum absolute atomic E-state index is 0.672. The number of thiocarbonyl (C=S) groups is 1. The van der Waals surface area contributed by atoms with Gasteiger partial charge in [0, 0.05) is 4.86 Å². The average Bonchev–Trinajstić information content (AvgIpc) is 2.97. The lowest BCUT2D eigenvalue weighted by molar-refractivity contribution is 0.234. The fourth-order valence-electron chi connectivity index (χ4n) is 4.57. The molecular formula is C36H54O3S. The van der Waals surface area contributed by atoms with Crippen molar-refractivity contribution in [1.29, 1.82) is 0 Å². The third-order valence-electron chi connectivity index (χ3n) is 7.00. The van der Waals surface area contributed by atoms with Crippen molar-refractivity contribution in [2.75, 3.05) is 19.8 Å². The Morgan fingerprint density at radius 3 is 1.60 bits per heavy atom. The van der Waals surface area contributed by atoms with Gasteiger partial charge in [0.15, 0.2) is 11.5 Å². The molecule has 0 N–H and O–H groups in total. The average molecular weight is 567 g/mol. The van der Waals surface area contributed by atoms with E-state index in [0.717, 1.165) is 65.3 Å². The molecule has 2 aromatic carbocycles. The summed E-state index contributed by atoms with van der Waals surface area (Å²) in [6.45, 7) is 10.9. The molecule has 0 bridgehead atoms. The van der Waals surface area contributed by atoms with Gasteiger partial charge >= 0.3 is 0 Å². The van der Waals surface area contributed by atoms with Crippen LogP contribution in [-0.2, 0) is 6.42 Å². The zero-order valence-electron chi connectivity index (χ0n) is 25.8. The Morgan fingerprint density at radius 2 is 1.12 bits per heavy atom. The van der Waals surface area contributed by atoms with Crippen LogP contribution in [0.25, 0.3) is 6.08 Å². The van der Waals surface area contributed by atoms with Gasteiger partial charge in [0.2, 0.25) is 5.75 Å². The first-order valence-electron chi connectivity index (χ1n) is 16.0. The molecule has 2 rings (SSSR count). The molecule has 0 spiro atoms. The van der Waals surface area contributed by atoms with E-state index in [1.807, 2.05) is 6.08 Å². The van der Waals surface area contributed by atoms with E-state index < -0.39 is 0 Å². The molecule has 0 aliphatic carbocycles. The second-order valence-corrected chi connectivity index (χ2v) is 11.2. The van der Waals surface area contributed by atoms with Crippen molar-refractivity contribution in [2.45, 2.75) is 118 Å². The summed E-state index contributed by atoms with van der Waals surface area (Å²) >= 11 is 5.76. The van der Waals surface area contributed by atoms with Gasteiger partial charge in [0.25, 0.3) is 0 Å². The molecule has 0 atom stereocenters. The highest BCUT2D eigenvalue weighted by Gasteiger charge is 2.16. The Labute approximate surface area is 250 Å². The number of rotatable bonds is 23. The van der Waals surface area contributed by atoms with Crippen LogP contribution in [0.15, 0.2) is 42.5 Å². The van der Waals surface area contributed by atoms with Crippen molar-refractivity contribution in [3.63, 3.8) is 0 Å². The normalized spacial score (nSPS) is 11.2. The summed E-state index contributed by atoms with van der Waals surface area (Å²) in [5, 5.41) is 0. The Hall–Kier alpha value is -2.33. The quantitative estimate of drug-likeness (QED) is 0.0578. The summed E-state index contributed by atoms with van der Waals surface area (Å²) in [4.78, 5) is 0.823. The number of unbranched alkanes of at least 4 members (excludes halogenated alkanes) is 9. The van der Waals surface area contributed by atoms with E-state index in [2.05, 4.69) is 70.2 Å². The second-order valence-electron chi connectivity index (χ2n) is 10.7. The van der Waals surface area contributed by atoms with Gasteiger partial charge in [-0.2, -0.15) is 0 Å². The molecule has 222 valence electrons. The summed E-state index contributed by atoms with van der Waals surface area (Å²) in [6, 6.07) is 12.8. The fourth-order valence-corrected chi connectivity index (χ4v) is 4.77. The molecule has 0 unspecified atom stereocenters. The van der Waals surface area contributed by atoms with Crippen LogP contribution in [0.4, 0.5) is 0 Å². The minimum atomic E-state index is 0.672. The first-order chi connectivity index (χ1) is 19.6. The van der Waals surface area contributed by atoms with Gasteiger partial charge in [-0.1, -0.05) is 134 Å². The van der Waals surface area contributed by atoms with Gasteiger partial charge < -0.3 is 14.2 Å². The van der Waals surface area contributed by atoms with E-state index in [1.54, 1.807) is 0 Å². The maximum atomic E-state index is 6.35. The molecule has 0 fully saturated rings. The van der Waals surface area contributed by atoms with Crippen LogP contribution in [0.1, 0.15) is 128 Å². The molecular weight excluding hydrogens is 512 g/mol. The number of hydrogen-bond acceptors (Lipinski definition) is 4. The van der Waals surface area contributed by atoms with Crippen LogP contribution in [-0.4, -0.2) is 24.7 Å². The summed E-state index contributed by atoms with van der Waals surface area (Å²) in [6.07, 6.45) is 20.3. The zero-order chi connectivity index (χ0) is 28.8. The predicted molar refractivity (Wildman–Crippen MR) is 177 cm³/mol. The molecule has 0 aliphatic heterocycles. The van der Waals surface area contributed by atoms with E-state index in [0.29, 0.717) is 19.8 Å². The van der Waals surface area contributed by atoms with Gasteiger partial charge in [0.05, 0.1) is 19.8 Å². The number of hydrogen-bond donors (Lipinski definition) is 0. The Balaban J connectivity index is 2.27. The molecule has 0 aromatic heterocycles. The maximum absolute atomic E-state index is 6.35. The van der Waals surface area contributed by atoms with Crippen LogP contribution < -0.4 is 14.2 Å². The van der Waals surface area contributed by atoms with E-state index >= 15 is 0 Å². The van der Waals surface area contributed by atoms with Crippen molar-refractivity contribution in [2.24, 2.45) is 0 Å². The lowest BCUT2D eigenvalue weighted by Crippen LogP contribution is -2.06. The summed E-state index contributed by atoms with van der Waals surface area (Å²) in [5.74, 6) is 2.29. The van der Waals surface area contributed by atoms with Crippen molar-refractivity contribution >= 4 is 23.2 Å². The Bertz CT molecular complexity index is 945. The van der Waals surface area contributed by atoms with Crippen molar-refractivity contribution in [3.8, 4) is 17.2 Å². The molecule has 3 nitrogen and oxygen atoms in total. The lowest BCUT2D eigenvalue weighted by atomic mass is 10.0. The SMILES string of the molecule is CCCCCCOc1cc(C=CC(=S)c2ccc(CCC)cc2)cc(OCCCCCC)c1OCCCCCC. The Kier molecular flexibility index (Phi) is 18.1. The van der Waals surface area contributed by atoms with Crippen LogP contribution in [0, 0.1) is 0 Å². The number of aryl methyl sites for hydroxylation is 1. The Morgan fingerprint density at radius 1 is 0.625 bits per heavy atom. The summed E-state index contributed by atoms with van der Waals surface area (Å²) in [5.41, 5.74) is 3.43. The van der Waals surface area contributed by atoms with Gasteiger partial charge in [-0.05, 0) is 60.6 Å². The predicted octanol–water partition coefficient (Wildman–Crippen LogP) is 10.9. The van der Waals surface area contributed by atoms with E-state index in [1.165, 1.54) is 63.4 Å². The number of allylic oxidation sites excluding steroid dienone is 1. The summed E-state index contributed by atoms with van der Waals surface area (Å²) < 4.78 is 19.0. The third-order valence-corrected chi connectivity index (χ3v) is 7.37. The first-order valence-corrected chi connectivity index (χ1v) is 16.4. The van der Waals surface area contributed by atoms with Crippen LogP contribution >= 0.6 is 12.2 Å². The van der Waals surface area contributed by atoms with Crippen molar-refractivity contribution < 1.29 is 14.2 Å². The standard InChI is InChI=1S/C36H54O3S/c1-5-9-12-15-25-37-33-28-31(21-24-35(40)32-22-19-30(18-8-4)20-23-32)29-34(38-26-16-13-10-6-2)36(33)39-27-17-14-11-7-3/h19-24,28-29H,5-18,25-27H2,1-4H3. The minimum Gasteiger partial charge on any atom is -0.490 e. The molecule has 4 heteroatoms. The highest BCUT2D eigenvalue weighted by Crippen LogP contribution is 2.40. The summed E-state index contributed by atoms with van der Waals surface area (Å²) in [7, 11) is 0. The molecule has 0 amide bonds. The smallest absolute Gasteiger partial charge is 0.203 e. The van der Waals surface area contributed by atoms with Crippen LogP contribution in [0.5, 0.6) is 17.2 Å². The lowest BCUT2D eigenvalue weighted by Gasteiger charge is -2.18. The maximum Gasteiger partial charge on any atom is 0.203 e. The van der Waals surface area contributed by atoms with Crippen LogP contribution in [0.2, 0.25) is 0 Å². The molecule has 2 aromatic rings. The topological polar surface area (TPSA) is 27.7 Å². The van der Waals surface area contributed by atoms with Crippen molar-refractivity contribution in [3.05, 3.63) is 59.2 Å². The monoisotopic (exact) mass is 566 g/mol. The molecule has 0 heterocycles. The van der Waals surface area contributed by atoms with Crippen molar-refractivity contribution in [1.82, 2.24) is 0 Å². The first kappa shape index (κ1) is 33.9. The molecule has 0 saturated heterocycles. The fraction of sp³-hybridized carbons (Fsp3) is 0.583. The molecule has 0 aliphatic rings. The number of benzene rings is 2. The molecule has 40 heavy (non-hydrogen) atoms. The largest absolute Gasteiger partial charge is 0.490 e. The van der Waals surface area contributed by atoms with E-state index in [9.17, 15) is 0 Å². The molecule has 0 radical (unpaired) electrons. The highest BCUT2D eigenvalue weighted by molar-refractivity contribution is 7.81. The zero-order valence-corrected chi connectivity index (χ0v) is 26.6. The van der Waals surface area contributed by atoms with E-state index in [4.69, 9.17) is 26.4 Å². The molecule has 0 saturated carbocycles. The van der Waals surface area contributed by atoms with Gasteiger partial charge in [0.1, 0.15) is 0 Å².